The van der Waals surface area contributed by atoms with Crippen molar-refractivity contribution in [1.82, 2.24) is 40.4 Å². The summed E-state index contributed by atoms with van der Waals surface area (Å²) in [5.74, 6) is 2.02. The van der Waals surface area contributed by atoms with Gasteiger partial charge >= 0.3 is 12.2 Å². The van der Waals surface area contributed by atoms with E-state index in [0.717, 1.165) is 89.5 Å². The number of imidazole rings is 2. The number of ether oxygens (including phenoxy) is 2. The predicted molar refractivity (Wildman–Crippen MR) is 236 cm³/mol. The number of nitrogens with zero attached hydrogens (tertiary/aromatic N) is 4. The minimum atomic E-state index is -0.872. The fraction of sp³-hybridized carbons (Fsp3) is 0.320. The lowest BCUT2D eigenvalue weighted by Gasteiger charge is -2.30. The topological polar surface area (TPSA) is 175 Å². The maximum Gasteiger partial charge on any atom is 0.407 e. The van der Waals surface area contributed by atoms with E-state index in [9.17, 15) is 19.2 Å². The molecule has 2 saturated heterocycles. The fourth-order valence-corrected chi connectivity index (χ4v) is 10.5. The average Bonchev–Trinajstić information content (AvgIpc) is 3.95. The van der Waals surface area contributed by atoms with Gasteiger partial charge in [-0.3, -0.25) is 9.59 Å². The van der Waals surface area contributed by atoms with Crippen LogP contribution in [0.3, 0.4) is 0 Å². The van der Waals surface area contributed by atoms with E-state index in [1.54, 1.807) is 0 Å². The van der Waals surface area contributed by atoms with E-state index in [4.69, 9.17) is 19.4 Å². The van der Waals surface area contributed by atoms with Crippen molar-refractivity contribution in [2.45, 2.75) is 74.8 Å². The number of nitrogens with one attached hydrogen (secondary N) is 4. The average molecular weight is 857 g/mol. The summed E-state index contributed by atoms with van der Waals surface area (Å²) in [5, 5.41) is 5.54. The monoisotopic (exact) mass is 856 g/mol. The number of alkyl carbamates (subject to hydrolysis) is 2. The lowest BCUT2D eigenvalue weighted by atomic mass is 9.89. The summed E-state index contributed by atoms with van der Waals surface area (Å²) in [7, 11) is 2.60. The molecule has 0 bridgehead atoms. The number of benzene rings is 4. The standard InChI is InChI=1S/C50H48N8O6/c1-63-49(61)55-42(29-9-5-3-6-10-29)47(59)57-38-22-33(38)24-40(57)45-51-26-37(53-45)28-15-13-27(14-16-28)31-17-19-35-32(21-31)18-20-36-44(35)54-46(52-36)41-25-34-23-39(34)58(41)48(60)43(56-50(62)64-2)30-11-7-4-8-12-30/h3-17,19,21,26,33-34,38-43H,18,20,22-25H2,1-2H3,(H,51,53)(H,52,54)(H,55,61)(H,56,62)/t33?,34-,38-,39?,40+,41+,42-,43-/m1/s1. The Balaban J connectivity index is 0.799. The van der Waals surface area contributed by atoms with E-state index in [2.05, 4.69) is 63.1 Å². The smallest absolute Gasteiger partial charge is 0.407 e. The van der Waals surface area contributed by atoms with E-state index < -0.39 is 24.3 Å². The number of piperidine rings is 2. The number of methoxy groups -OCH3 is 2. The molecule has 2 aliphatic heterocycles. The molecule has 5 aliphatic rings. The lowest BCUT2D eigenvalue weighted by Crippen LogP contribution is -2.44. The van der Waals surface area contributed by atoms with Gasteiger partial charge in [0.15, 0.2) is 0 Å². The molecule has 2 aromatic heterocycles. The zero-order valence-corrected chi connectivity index (χ0v) is 35.5. The number of aromatic amines is 2. The Morgan fingerprint density at radius 3 is 1.77 bits per heavy atom. The van der Waals surface area contributed by atoms with Crippen LogP contribution in [0.25, 0.3) is 33.6 Å². The summed E-state index contributed by atoms with van der Waals surface area (Å²) in [4.78, 5) is 74.3. The SMILES string of the molecule is COC(=O)N[C@@H](C(=O)N1C2C[C@@H]2C[C@H]1c1nc2c([nH]1)CCc1cc(-c3ccc(-c4cnc([C@@H]5CC6C[C@H]6N5C(=O)[C@H](NC(=O)OC)c5ccccc5)[nH]4)cc3)ccc1-2)c1ccccc1. The third kappa shape index (κ3) is 7.06. The van der Waals surface area contributed by atoms with Crippen LogP contribution in [0.15, 0.2) is 109 Å². The van der Waals surface area contributed by atoms with Gasteiger partial charge in [0.25, 0.3) is 11.8 Å². The summed E-state index contributed by atoms with van der Waals surface area (Å²) >= 11 is 0. The van der Waals surface area contributed by atoms with Gasteiger partial charge < -0.3 is 39.9 Å². The first kappa shape index (κ1) is 39.6. The third-order valence-corrected chi connectivity index (χ3v) is 13.9. The molecule has 3 aliphatic carbocycles. The molecule has 4 amide bonds. The van der Waals surface area contributed by atoms with Gasteiger partial charge in [-0.15, -0.1) is 0 Å². The van der Waals surface area contributed by atoms with Crippen molar-refractivity contribution in [2.24, 2.45) is 11.8 Å². The van der Waals surface area contributed by atoms with Crippen molar-refractivity contribution >= 4 is 24.0 Å². The van der Waals surface area contributed by atoms with E-state index in [1.807, 2.05) is 76.7 Å². The summed E-state index contributed by atoms with van der Waals surface area (Å²) in [6.07, 6.45) is 5.73. The molecule has 2 unspecified atom stereocenters. The number of hydrogen-bond acceptors (Lipinski definition) is 8. The molecular formula is C50H48N8O6. The van der Waals surface area contributed by atoms with Gasteiger partial charge in [-0.2, -0.15) is 0 Å². The molecule has 0 radical (unpaired) electrons. The first-order valence-corrected chi connectivity index (χ1v) is 22.1. The second-order valence-corrected chi connectivity index (χ2v) is 17.7. The molecule has 64 heavy (non-hydrogen) atoms. The molecule has 11 rings (SSSR count). The Morgan fingerprint density at radius 1 is 0.641 bits per heavy atom. The molecule has 14 heteroatoms. The van der Waals surface area contributed by atoms with Gasteiger partial charge in [-0.1, -0.05) is 103 Å². The Bertz CT molecular complexity index is 2770. The molecule has 0 spiro atoms. The first-order valence-electron chi connectivity index (χ1n) is 22.1. The van der Waals surface area contributed by atoms with Gasteiger partial charge in [-0.25, -0.2) is 19.6 Å². The zero-order valence-electron chi connectivity index (χ0n) is 35.5. The van der Waals surface area contributed by atoms with Crippen LogP contribution >= 0.6 is 0 Å². The van der Waals surface area contributed by atoms with Crippen LogP contribution in [-0.4, -0.2) is 80.0 Å². The Morgan fingerprint density at radius 2 is 1.19 bits per heavy atom. The molecule has 6 aromatic rings. The number of amides is 4. The van der Waals surface area contributed by atoms with Gasteiger partial charge in [0.05, 0.1) is 43.9 Å². The van der Waals surface area contributed by atoms with Gasteiger partial charge in [0, 0.05) is 23.3 Å². The van der Waals surface area contributed by atoms with Crippen LogP contribution in [0, 0.1) is 11.8 Å². The largest absolute Gasteiger partial charge is 0.453 e. The first-order chi connectivity index (χ1) is 31.3. The molecule has 14 nitrogen and oxygen atoms in total. The molecule has 4 N–H and O–H groups in total. The van der Waals surface area contributed by atoms with Crippen LogP contribution in [-0.2, 0) is 31.9 Å². The Labute approximate surface area is 369 Å². The van der Waals surface area contributed by atoms with E-state index >= 15 is 0 Å². The van der Waals surface area contributed by atoms with E-state index in [1.165, 1.54) is 19.8 Å². The minimum absolute atomic E-state index is 0.115. The van der Waals surface area contributed by atoms with Crippen molar-refractivity contribution in [3.05, 3.63) is 143 Å². The van der Waals surface area contributed by atoms with Crippen molar-refractivity contribution in [2.75, 3.05) is 14.2 Å². The normalized spacial score (nSPS) is 23.2. The molecule has 4 heterocycles. The molecule has 4 fully saturated rings. The number of aryl methyl sites for hydroxylation is 2. The zero-order chi connectivity index (χ0) is 43.6. The molecule has 4 aromatic carbocycles. The van der Waals surface area contributed by atoms with Gasteiger partial charge in [0.2, 0.25) is 0 Å². The van der Waals surface area contributed by atoms with Crippen molar-refractivity contribution in [3.8, 4) is 33.6 Å². The van der Waals surface area contributed by atoms with Crippen LogP contribution in [0.4, 0.5) is 9.59 Å². The van der Waals surface area contributed by atoms with Gasteiger partial charge in [0.1, 0.15) is 23.7 Å². The quantitative estimate of drug-likeness (QED) is 0.108. The number of carbonyl (C=O) groups is 4. The summed E-state index contributed by atoms with van der Waals surface area (Å²) in [6.45, 7) is 0. The highest BCUT2D eigenvalue weighted by atomic mass is 16.5. The van der Waals surface area contributed by atoms with Crippen LogP contribution in [0.1, 0.15) is 83.9 Å². The van der Waals surface area contributed by atoms with Crippen molar-refractivity contribution in [3.63, 3.8) is 0 Å². The highest BCUT2D eigenvalue weighted by molar-refractivity contribution is 5.89. The maximum absolute atomic E-state index is 14.3. The third-order valence-electron chi connectivity index (χ3n) is 13.9. The van der Waals surface area contributed by atoms with E-state index in [-0.39, 0.29) is 36.0 Å². The Hall–Kier alpha value is -7.22. The number of aromatic nitrogens is 4. The number of fused-ring (bicyclic) bond motifs is 5. The second kappa shape index (κ2) is 15.8. The van der Waals surface area contributed by atoms with Crippen molar-refractivity contribution < 1.29 is 28.7 Å². The number of H-pyrrole nitrogens is 2. The van der Waals surface area contributed by atoms with Crippen LogP contribution < -0.4 is 10.6 Å². The minimum Gasteiger partial charge on any atom is -0.453 e. The fourth-order valence-electron chi connectivity index (χ4n) is 10.5. The highest BCUT2D eigenvalue weighted by Crippen LogP contribution is 2.55. The molecule has 324 valence electrons. The summed E-state index contributed by atoms with van der Waals surface area (Å²) in [6, 6.07) is 31.6. The van der Waals surface area contributed by atoms with Gasteiger partial charge in [-0.05, 0) is 83.7 Å². The number of carbonyl (C=O) groups excluding carboxylic acids is 4. The summed E-state index contributed by atoms with van der Waals surface area (Å²) < 4.78 is 9.78. The van der Waals surface area contributed by atoms with Crippen LogP contribution in [0.2, 0.25) is 0 Å². The molecule has 8 atom stereocenters. The van der Waals surface area contributed by atoms with Crippen LogP contribution in [0.5, 0.6) is 0 Å². The predicted octanol–water partition coefficient (Wildman–Crippen LogP) is 7.75. The molecular weight excluding hydrogens is 809 g/mol. The number of hydrogen-bond donors (Lipinski definition) is 4. The maximum atomic E-state index is 14.3. The number of rotatable bonds is 10. The second-order valence-electron chi connectivity index (χ2n) is 17.7. The van der Waals surface area contributed by atoms with Crippen molar-refractivity contribution in [1.29, 1.82) is 0 Å². The van der Waals surface area contributed by atoms with E-state index in [0.29, 0.717) is 23.0 Å². The lowest BCUT2D eigenvalue weighted by molar-refractivity contribution is -0.136. The summed E-state index contributed by atoms with van der Waals surface area (Å²) in [5.41, 5.74) is 9.79. The Kier molecular flexibility index (Phi) is 9.81. The number of likely N-dealkylation sites (tertiary alicyclic amines) is 2. The molecule has 2 saturated carbocycles. The highest BCUT2D eigenvalue weighted by Gasteiger charge is 2.57.